The van der Waals surface area contributed by atoms with Crippen molar-refractivity contribution in [3.63, 3.8) is 0 Å². The van der Waals surface area contributed by atoms with Crippen molar-refractivity contribution in [1.82, 2.24) is 25.5 Å². The van der Waals surface area contributed by atoms with Gasteiger partial charge in [0.15, 0.2) is 11.4 Å². The third-order valence-corrected chi connectivity index (χ3v) is 6.33. The van der Waals surface area contributed by atoms with E-state index < -0.39 is 17.7 Å². The Kier molecular flexibility index (Phi) is 6.36. The van der Waals surface area contributed by atoms with Crippen LogP contribution in [0, 0.1) is 5.92 Å². The molecule has 1 saturated heterocycles. The second-order valence-electron chi connectivity index (χ2n) is 8.70. The topological polar surface area (TPSA) is 117 Å². The fraction of sp³-hybridized carbons (Fsp3) is 0.185. The van der Waals surface area contributed by atoms with Gasteiger partial charge in [-0.05, 0) is 41.8 Å². The van der Waals surface area contributed by atoms with Crippen LogP contribution < -0.4 is 10.9 Å². The van der Waals surface area contributed by atoms with E-state index in [-0.39, 0.29) is 23.9 Å². The van der Waals surface area contributed by atoms with Gasteiger partial charge in [0.25, 0.3) is 11.8 Å². The van der Waals surface area contributed by atoms with E-state index >= 15 is 0 Å². The van der Waals surface area contributed by atoms with Crippen LogP contribution in [0.3, 0.4) is 0 Å². The van der Waals surface area contributed by atoms with E-state index in [2.05, 4.69) is 16.0 Å². The number of carbonyl (C=O) groups excluding carboxylic acids is 3. The Balaban J connectivity index is 1.22. The van der Waals surface area contributed by atoms with Gasteiger partial charge < -0.3 is 10.0 Å². The average Bonchev–Trinajstić information content (AvgIpc) is 3.33. The van der Waals surface area contributed by atoms with Gasteiger partial charge in [-0.25, -0.2) is 4.68 Å². The lowest BCUT2D eigenvalue weighted by Gasteiger charge is -2.32. The van der Waals surface area contributed by atoms with E-state index in [1.165, 1.54) is 10.9 Å². The van der Waals surface area contributed by atoms with E-state index in [1.54, 1.807) is 23.1 Å². The number of rotatable bonds is 4. The number of nitrogens with zero attached hydrogens (tertiary/aromatic N) is 3. The standard InChI is InChI=1S/C27H25N5O4/c33-23-17-32(20-11-2-1-3-12-20)30-24(23)26(35)29-28-25(34)19-10-7-15-31(16-19)27(36)22-14-6-9-18-8-4-5-13-21(18)22/h1-6,8-9,11-14,17,19,33H,7,10,15-16H2,(H,28,34)(H,29,35). The fourth-order valence-electron chi connectivity index (χ4n) is 4.48. The molecule has 1 aliphatic rings. The number of nitrogens with one attached hydrogen (secondary N) is 2. The highest BCUT2D eigenvalue weighted by atomic mass is 16.3. The molecule has 182 valence electrons. The molecule has 1 aliphatic heterocycles. The first-order valence-electron chi connectivity index (χ1n) is 11.7. The molecule has 0 radical (unpaired) electrons. The van der Waals surface area contributed by atoms with Crippen LogP contribution in [-0.2, 0) is 4.79 Å². The van der Waals surface area contributed by atoms with Crippen molar-refractivity contribution >= 4 is 28.5 Å². The second kappa shape index (κ2) is 9.91. The summed E-state index contributed by atoms with van der Waals surface area (Å²) in [5.74, 6) is -2.05. The molecule has 5 rings (SSSR count). The molecule has 1 unspecified atom stereocenters. The number of carbonyl (C=O) groups is 3. The molecular formula is C27H25N5O4. The van der Waals surface area contributed by atoms with E-state index in [4.69, 9.17) is 0 Å². The van der Waals surface area contributed by atoms with E-state index in [1.807, 2.05) is 54.6 Å². The van der Waals surface area contributed by atoms with Crippen molar-refractivity contribution in [3.8, 4) is 11.4 Å². The molecule has 0 bridgehead atoms. The highest BCUT2D eigenvalue weighted by Gasteiger charge is 2.30. The lowest BCUT2D eigenvalue weighted by atomic mass is 9.96. The molecule has 1 aromatic heterocycles. The van der Waals surface area contributed by atoms with Crippen molar-refractivity contribution in [1.29, 1.82) is 0 Å². The number of likely N-dealkylation sites (tertiary alicyclic amines) is 1. The fourth-order valence-corrected chi connectivity index (χ4v) is 4.48. The summed E-state index contributed by atoms with van der Waals surface area (Å²) in [7, 11) is 0. The second-order valence-corrected chi connectivity index (χ2v) is 8.70. The Hall–Kier alpha value is -4.66. The lowest BCUT2D eigenvalue weighted by molar-refractivity contribution is -0.127. The summed E-state index contributed by atoms with van der Waals surface area (Å²) in [5, 5.41) is 16.1. The molecule has 0 saturated carbocycles. The molecule has 0 spiro atoms. The normalized spacial score (nSPS) is 15.4. The van der Waals surface area contributed by atoms with Gasteiger partial charge in [0.2, 0.25) is 5.91 Å². The summed E-state index contributed by atoms with van der Waals surface area (Å²) in [6.45, 7) is 0.806. The Morgan fingerprint density at radius 1 is 0.917 bits per heavy atom. The summed E-state index contributed by atoms with van der Waals surface area (Å²) in [6, 6.07) is 22.4. The molecule has 3 amide bonds. The van der Waals surface area contributed by atoms with Crippen LogP contribution in [0.15, 0.2) is 79.0 Å². The Labute approximate surface area is 207 Å². The molecule has 4 aromatic rings. The molecule has 1 fully saturated rings. The van der Waals surface area contributed by atoms with E-state index in [0.29, 0.717) is 30.6 Å². The third-order valence-electron chi connectivity index (χ3n) is 6.33. The molecular weight excluding hydrogens is 458 g/mol. The van der Waals surface area contributed by atoms with Gasteiger partial charge in [-0.3, -0.25) is 25.2 Å². The maximum Gasteiger partial charge on any atom is 0.294 e. The van der Waals surface area contributed by atoms with Crippen molar-refractivity contribution in [2.75, 3.05) is 13.1 Å². The minimum atomic E-state index is -0.741. The Bertz CT molecular complexity index is 1430. The minimum absolute atomic E-state index is 0.121. The quantitative estimate of drug-likeness (QED) is 0.386. The first-order valence-corrected chi connectivity index (χ1v) is 11.7. The minimum Gasteiger partial charge on any atom is -0.504 e. The van der Waals surface area contributed by atoms with Gasteiger partial charge in [-0.1, -0.05) is 54.6 Å². The van der Waals surface area contributed by atoms with Gasteiger partial charge in [-0.2, -0.15) is 5.10 Å². The van der Waals surface area contributed by atoms with Crippen LogP contribution in [-0.4, -0.2) is 50.6 Å². The van der Waals surface area contributed by atoms with Gasteiger partial charge in [0.1, 0.15) is 0 Å². The maximum atomic E-state index is 13.3. The SMILES string of the molecule is O=C(NNC(=O)C1CCCN(C(=O)c2cccc3ccccc23)C1)c1nn(-c2ccccc2)cc1O. The average molecular weight is 484 g/mol. The summed E-state index contributed by atoms with van der Waals surface area (Å²) < 4.78 is 1.38. The third kappa shape index (κ3) is 4.63. The Morgan fingerprint density at radius 2 is 1.67 bits per heavy atom. The molecule has 0 aliphatic carbocycles. The smallest absolute Gasteiger partial charge is 0.294 e. The number of hydrogen-bond acceptors (Lipinski definition) is 5. The largest absolute Gasteiger partial charge is 0.504 e. The number of hydrazine groups is 1. The van der Waals surface area contributed by atoms with Crippen molar-refractivity contribution < 1.29 is 19.5 Å². The highest BCUT2D eigenvalue weighted by Crippen LogP contribution is 2.24. The van der Waals surface area contributed by atoms with Crippen LogP contribution in [0.1, 0.15) is 33.7 Å². The number of aromatic hydroxyl groups is 1. The molecule has 9 nitrogen and oxygen atoms in total. The highest BCUT2D eigenvalue weighted by molar-refractivity contribution is 6.07. The molecule has 2 heterocycles. The maximum absolute atomic E-state index is 13.3. The molecule has 9 heteroatoms. The lowest BCUT2D eigenvalue weighted by Crippen LogP contribution is -2.50. The predicted octanol–water partition coefficient (Wildman–Crippen LogP) is 3.04. The van der Waals surface area contributed by atoms with Gasteiger partial charge in [-0.15, -0.1) is 0 Å². The Morgan fingerprint density at radius 3 is 2.50 bits per heavy atom. The first-order chi connectivity index (χ1) is 17.5. The number of fused-ring (bicyclic) bond motifs is 1. The van der Waals surface area contributed by atoms with Crippen LogP contribution >= 0.6 is 0 Å². The van der Waals surface area contributed by atoms with Crippen molar-refractivity contribution in [3.05, 3.63) is 90.3 Å². The summed E-state index contributed by atoms with van der Waals surface area (Å²) >= 11 is 0. The van der Waals surface area contributed by atoms with Gasteiger partial charge in [0.05, 0.1) is 17.8 Å². The monoisotopic (exact) mass is 483 g/mol. The van der Waals surface area contributed by atoms with Crippen molar-refractivity contribution in [2.45, 2.75) is 12.8 Å². The van der Waals surface area contributed by atoms with E-state index in [0.717, 1.165) is 10.8 Å². The van der Waals surface area contributed by atoms with Gasteiger partial charge >= 0.3 is 0 Å². The van der Waals surface area contributed by atoms with E-state index in [9.17, 15) is 19.5 Å². The number of para-hydroxylation sites is 1. The zero-order valence-corrected chi connectivity index (χ0v) is 19.4. The zero-order valence-electron chi connectivity index (χ0n) is 19.4. The van der Waals surface area contributed by atoms with Crippen LogP contribution in [0.5, 0.6) is 5.75 Å². The molecule has 3 aromatic carbocycles. The van der Waals surface area contributed by atoms with Crippen LogP contribution in [0.4, 0.5) is 0 Å². The first kappa shape index (κ1) is 23.1. The summed E-state index contributed by atoms with van der Waals surface area (Å²) in [5.41, 5.74) is 5.81. The van der Waals surface area contributed by atoms with Crippen LogP contribution in [0.25, 0.3) is 16.5 Å². The molecule has 1 atom stereocenters. The predicted molar refractivity (Wildman–Crippen MR) is 133 cm³/mol. The number of benzene rings is 3. The summed E-state index contributed by atoms with van der Waals surface area (Å²) in [4.78, 5) is 40.3. The molecule has 36 heavy (non-hydrogen) atoms. The zero-order chi connectivity index (χ0) is 25.1. The van der Waals surface area contributed by atoms with Crippen LogP contribution in [0.2, 0.25) is 0 Å². The molecule has 3 N–H and O–H groups in total. The summed E-state index contributed by atoms with van der Waals surface area (Å²) in [6.07, 6.45) is 2.59. The number of aromatic nitrogens is 2. The number of piperidine rings is 1. The van der Waals surface area contributed by atoms with Crippen molar-refractivity contribution in [2.24, 2.45) is 5.92 Å². The number of amides is 3. The number of hydrogen-bond donors (Lipinski definition) is 3. The van der Waals surface area contributed by atoms with Gasteiger partial charge in [0, 0.05) is 18.7 Å².